The molecule has 19 heteroatoms. The number of hydrogen-bond acceptors (Lipinski definition) is 18. The van der Waals surface area contributed by atoms with E-state index in [2.05, 4.69) is 55.6 Å². The van der Waals surface area contributed by atoms with E-state index < -0.39 is 124 Å². The maximum atomic E-state index is 13.4. The Morgan fingerprint density at radius 2 is 0.725 bits per heavy atom. The first kappa shape index (κ1) is 83.2. The summed E-state index contributed by atoms with van der Waals surface area (Å²) >= 11 is 0. The molecule has 3 aliphatic rings. The summed E-state index contributed by atoms with van der Waals surface area (Å²) in [7, 11) is 0. The van der Waals surface area contributed by atoms with Gasteiger partial charge >= 0.3 is 0 Å². The molecular weight excluding hydrogens is 1170 g/mol. The summed E-state index contributed by atoms with van der Waals surface area (Å²) in [5.41, 5.74) is 0. The Morgan fingerprint density at radius 3 is 1.13 bits per heavy atom. The first-order valence-electron chi connectivity index (χ1n) is 36.7. The van der Waals surface area contributed by atoms with Crippen LogP contribution in [0.25, 0.3) is 0 Å². The molecule has 0 radical (unpaired) electrons. The van der Waals surface area contributed by atoms with Gasteiger partial charge in [0.1, 0.15) is 73.2 Å². The summed E-state index contributed by atoms with van der Waals surface area (Å²) in [6.07, 6.45) is 36.6. The van der Waals surface area contributed by atoms with Crippen LogP contribution in [0.4, 0.5) is 0 Å². The van der Waals surface area contributed by atoms with E-state index in [1.54, 1.807) is 0 Å². The maximum Gasteiger partial charge on any atom is 0.220 e. The van der Waals surface area contributed by atoms with E-state index in [9.17, 15) is 61.0 Å². The predicted molar refractivity (Wildman–Crippen MR) is 356 cm³/mol. The van der Waals surface area contributed by atoms with Crippen LogP contribution in [0.2, 0.25) is 0 Å². The number of unbranched alkanes of at least 4 members (excludes halogenated alkanes) is 35. The number of carbonyl (C=O) groups is 1. The van der Waals surface area contributed by atoms with Gasteiger partial charge in [-0.15, -0.1) is 0 Å². The van der Waals surface area contributed by atoms with Gasteiger partial charge < -0.3 is 89.9 Å². The average molecular weight is 1300 g/mol. The first-order valence-corrected chi connectivity index (χ1v) is 36.7. The average Bonchev–Trinajstić information content (AvgIpc) is 0.876. The quantitative estimate of drug-likeness (QED) is 0.0199. The van der Waals surface area contributed by atoms with Crippen LogP contribution in [0.1, 0.15) is 284 Å². The fraction of sp³-hybridized carbons (Fsp3) is 0.903. The lowest BCUT2D eigenvalue weighted by Crippen LogP contribution is -2.66. The van der Waals surface area contributed by atoms with Gasteiger partial charge in [0.05, 0.1) is 38.6 Å². The number of aliphatic hydroxyl groups excluding tert-OH is 11. The van der Waals surface area contributed by atoms with Gasteiger partial charge in [0.15, 0.2) is 18.9 Å². The van der Waals surface area contributed by atoms with Crippen molar-refractivity contribution in [1.82, 2.24) is 5.32 Å². The highest BCUT2D eigenvalue weighted by Gasteiger charge is 2.53. The van der Waals surface area contributed by atoms with E-state index in [1.165, 1.54) is 193 Å². The van der Waals surface area contributed by atoms with Gasteiger partial charge in [-0.05, 0) is 51.4 Å². The second-order valence-electron chi connectivity index (χ2n) is 26.4. The Labute approximate surface area is 549 Å². The number of amides is 1. The number of carbonyl (C=O) groups excluding carboxylic acids is 1. The minimum atomic E-state index is -1.97. The van der Waals surface area contributed by atoms with Crippen LogP contribution < -0.4 is 5.32 Å². The van der Waals surface area contributed by atoms with Crippen molar-refractivity contribution in [1.29, 1.82) is 0 Å². The molecule has 3 saturated heterocycles. The van der Waals surface area contributed by atoms with Crippen molar-refractivity contribution in [2.45, 2.75) is 388 Å². The summed E-state index contributed by atoms with van der Waals surface area (Å²) in [6, 6.07) is -0.886. The van der Waals surface area contributed by atoms with E-state index in [1.807, 2.05) is 0 Å². The number of rotatable bonds is 57. The normalized spacial score (nSPS) is 28.0. The molecule has 1 amide bonds. The van der Waals surface area contributed by atoms with Crippen LogP contribution >= 0.6 is 0 Å². The summed E-state index contributed by atoms with van der Waals surface area (Å²) in [6.45, 7) is 1.81. The van der Waals surface area contributed by atoms with E-state index in [0.29, 0.717) is 12.8 Å². The molecule has 17 atom stereocenters. The Bertz CT molecular complexity index is 1790. The zero-order valence-corrected chi connectivity index (χ0v) is 56.6. The highest BCUT2D eigenvalue weighted by molar-refractivity contribution is 5.76. The molecule has 0 aromatic rings. The number of ether oxygens (including phenoxy) is 6. The topological polar surface area (TPSA) is 307 Å². The molecule has 17 unspecified atom stereocenters. The van der Waals surface area contributed by atoms with Gasteiger partial charge in [0.25, 0.3) is 0 Å². The van der Waals surface area contributed by atoms with Gasteiger partial charge in [-0.2, -0.15) is 0 Å². The molecule has 91 heavy (non-hydrogen) atoms. The molecule has 12 N–H and O–H groups in total. The third-order valence-electron chi connectivity index (χ3n) is 18.5. The van der Waals surface area contributed by atoms with Gasteiger partial charge in [-0.3, -0.25) is 4.79 Å². The number of aliphatic hydroxyl groups is 11. The molecule has 3 rings (SSSR count). The van der Waals surface area contributed by atoms with Gasteiger partial charge in [0.2, 0.25) is 5.91 Å². The third kappa shape index (κ3) is 35.7. The van der Waals surface area contributed by atoms with Gasteiger partial charge in [-0.1, -0.05) is 262 Å². The zero-order chi connectivity index (χ0) is 66.1. The number of allylic oxidation sites excluding steroid dienone is 6. The van der Waals surface area contributed by atoms with Crippen molar-refractivity contribution in [3.8, 4) is 0 Å². The van der Waals surface area contributed by atoms with Crippen LogP contribution in [0.5, 0.6) is 0 Å². The van der Waals surface area contributed by atoms with Crippen molar-refractivity contribution in [3.63, 3.8) is 0 Å². The molecule has 3 fully saturated rings. The molecule has 534 valence electrons. The van der Waals surface area contributed by atoms with Crippen LogP contribution in [0.15, 0.2) is 36.5 Å². The lowest BCUT2D eigenvalue weighted by Gasteiger charge is -2.48. The molecule has 3 aliphatic heterocycles. The second-order valence-corrected chi connectivity index (χ2v) is 26.4. The van der Waals surface area contributed by atoms with E-state index in [0.717, 1.165) is 57.8 Å². The minimum absolute atomic E-state index is 0.240. The van der Waals surface area contributed by atoms with Crippen LogP contribution in [0, 0.1) is 0 Å². The predicted octanol–water partition coefficient (Wildman–Crippen LogP) is 10.4. The Hall–Kier alpha value is -1.99. The summed E-state index contributed by atoms with van der Waals surface area (Å²) in [4.78, 5) is 13.4. The lowest BCUT2D eigenvalue weighted by molar-refractivity contribution is -0.379. The Morgan fingerprint density at radius 1 is 0.396 bits per heavy atom. The molecule has 0 bridgehead atoms. The summed E-state index contributed by atoms with van der Waals surface area (Å²) < 4.78 is 34.4. The monoisotopic (exact) mass is 1300 g/mol. The maximum absolute atomic E-state index is 13.4. The first-order chi connectivity index (χ1) is 44.3. The van der Waals surface area contributed by atoms with Crippen LogP contribution in [-0.4, -0.2) is 193 Å². The molecule has 3 heterocycles. The van der Waals surface area contributed by atoms with Crippen LogP contribution in [0.3, 0.4) is 0 Å². The standard InChI is InChI=1S/C72H133NO18/c1-3-5-7-9-11-13-15-17-19-20-21-22-23-24-25-26-27-28-29-30-31-32-33-34-36-38-40-42-44-46-48-50-60(78)73-55(56(77)49-47-45-43-41-39-37-35-18-16-14-12-10-8-6-4-2)54-86-70-66(84)63(81)68(58(52-75)88-70)91-72-67(85)64(82)69(59(53-76)89-72)90-71-65(83)62(80)61(79)57(51-74)87-71/h15,17,20-21,23-24,55-59,61-72,74-77,79-85H,3-14,16,18-19,22,25-54H2,1-2H3,(H,73,78)/b17-15-,21-20-,24-23-. The fourth-order valence-corrected chi connectivity index (χ4v) is 12.5. The summed E-state index contributed by atoms with van der Waals surface area (Å²) in [5, 5.41) is 121. The highest BCUT2D eigenvalue weighted by atomic mass is 16.8. The number of nitrogens with one attached hydrogen (secondary N) is 1. The smallest absolute Gasteiger partial charge is 0.220 e. The third-order valence-corrected chi connectivity index (χ3v) is 18.5. The molecule has 0 saturated carbocycles. The van der Waals surface area contributed by atoms with Gasteiger partial charge in [-0.25, -0.2) is 0 Å². The van der Waals surface area contributed by atoms with E-state index in [4.69, 9.17) is 28.4 Å². The SMILES string of the molecule is CCCCCCC/C=C\C/C=C\C/C=C\CCCCCCCCCCCCCCCCCCC(=O)NC(COC1OC(CO)C(OC2OC(CO)C(OC3OC(CO)C(O)C(O)C3O)C(O)C2O)C(O)C1O)C(O)CCCCCCCCCCCCCCCCC. The van der Waals surface area contributed by atoms with Crippen molar-refractivity contribution in [2.75, 3.05) is 26.4 Å². The largest absolute Gasteiger partial charge is 0.394 e. The van der Waals surface area contributed by atoms with E-state index >= 15 is 0 Å². The molecule has 19 nitrogen and oxygen atoms in total. The molecular formula is C72H133NO18. The summed E-state index contributed by atoms with van der Waals surface area (Å²) in [5.74, 6) is -0.240. The Balaban J connectivity index is 1.36. The molecule has 0 spiro atoms. The highest BCUT2D eigenvalue weighted by Crippen LogP contribution is 2.33. The van der Waals surface area contributed by atoms with E-state index in [-0.39, 0.29) is 18.9 Å². The van der Waals surface area contributed by atoms with Gasteiger partial charge in [0, 0.05) is 6.42 Å². The van der Waals surface area contributed by atoms with Crippen molar-refractivity contribution >= 4 is 5.91 Å². The Kier molecular flexibility index (Phi) is 49.5. The zero-order valence-electron chi connectivity index (χ0n) is 56.6. The van der Waals surface area contributed by atoms with Crippen LogP contribution in [-0.2, 0) is 33.2 Å². The fourth-order valence-electron chi connectivity index (χ4n) is 12.5. The van der Waals surface area contributed by atoms with Crippen molar-refractivity contribution in [3.05, 3.63) is 36.5 Å². The number of hydrogen-bond donors (Lipinski definition) is 12. The second kappa shape index (κ2) is 54.1. The molecule has 0 aromatic heterocycles. The molecule has 0 aromatic carbocycles. The molecule has 0 aliphatic carbocycles. The van der Waals surface area contributed by atoms with Crippen molar-refractivity contribution in [2.24, 2.45) is 0 Å². The minimum Gasteiger partial charge on any atom is -0.394 e. The lowest BCUT2D eigenvalue weighted by atomic mass is 9.96. The van der Waals surface area contributed by atoms with Crippen molar-refractivity contribution < 1.29 is 89.4 Å².